The lowest BCUT2D eigenvalue weighted by Crippen LogP contribution is -2.49. The summed E-state index contributed by atoms with van der Waals surface area (Å²) in [5.74, 6) is 0.782. The lowest BCUT2D eigenvalue weighted by Gasteiger charge is -2.38. The zero-order chi connectivity index (χ0) is 15.6. The first kappa shape index (κ1) is 15.0. The second-order valence-corrected chi connectivity index (χ2v) is 5.92. The topological polar surface area (TPSA) is 91.3 Å². The van der Waals surface area contributed by atoms with Crippen LogP contribution in [0.1, 0.15) is 44.7 Å². The van der Waals surface area contributed by atoms with Crippen LogP contribution in [0, 0.1) is 0 Å². The Labute approximate surface area is 129 Å². The van der Waals surface area contributed by atoms with Gasteiger partial charge in [-0.15, -0.1) is 0 Å². The lowest BCUT2D eigenvalue weighted by atomic mass is 9.89. The van der Waals surface area contributed by atoms with Gasteiger partial charge in [0.1, 0.15) is 17.1 Å². The summed E-state index contributed by atoms with van der Waals surface area (Å²) in [5, 5.41) is 21.1. The van der Waals surface area contributed by atoms with E-state index in [0.717, 1.165) is 37.0 Å². The summed E-state index contributed by atoms with van der Waals surface area (Å²) in [5.41, 5.74) is 0.136. The van der Waals surface area contributed by atoms with Gasteiger partial charge in [-0.05, 0) is 25.7 Å². The Hall–Kier alpha value is -1.89. The molecular weight excluding hydrogens is 284 g/mol. The molecule has 0 saturated carbocycles. The molecule has 2 aliphatic rings. The van der Waals surface area contributed by atoms with Gasteiger partial charge in [0.2, 0.25) is 0 Å². The first-order valence-electron chi connectivity index (χ1n) is 7.87. The Morgan fingerprint density at radius 3 is 3.14 bits per heavy atom. The van der Waals surface area contributed by atoms with Crippen LogP contribution in [-0.4, -0.2) is 51.0 Å². The Bertz CT molecular complexity index is 569. The molecule has 1 fully saturated rings. The van der Waals surface area contributed by atoms with Gasteiger partial charge in [0.25, 0.3) is 5.91 Å². The van der Waals surface area contributed by atoms with Gasteiger partial charge >= 0.3 is 0 Å². The first-order valence-corrected chi connectivity index (χ1v) is 7.87. The molecule has 1 aromatic rings. The van der Waals surface area contributed by atoms with Crippen molar-refractivity contribution in [3.63, 3.8) is 0 Å². The Kier molecular flexibility index (Phi) is 4.15. The number of aromatic nitrogens is 3. The summed E-state index contributed by atoms with van der Waals surface area (Å²) in [4.78, 5) is 14.5. The van der Waals surface area contributed by atoms with E-state index in [0.29, 0.717) is 25.3 Å². The fraction of sp³-hybridized carbons (Fsp3) is 0.667. The van der Waals surface area contributed by atoms with Crippen LogP contribution in [0.15, 0.2) is 17.5 Å². The number of nitrogens with one attached hydrogen (secondary N) is 1. The fourth-order valence-corrected chi connectivity index (χ4v) is 3.25. The van der Waals surface area contributed by atoms with Crippen LogP contribution < -0.4 is 0 Å². The van der Waals surface area contributed by atoms with E-state index in [2.05, 4.69) is 15.4 Å². The summed E-state index contributed by atoms with van der Waals surface area (Å²) in [6, 6.07) is 0. The molecule has 0 aliphatic carbocycles. The van der Waals surface area contributed by atoms with Crippen LogP contribution in [-0.2, 0) is 15.1 Å². The largest absolute Gasteiger partial charge is 0.497 e. The average Bonchev–Trinajstić information content (AvgIpc) is 3.09. The molecule has 1 unspecified atom stereocenters. The van der Waals surface area contributed by atoms with Crippen LogP contribution in [0.4, 0.5) is 0 Å². The molecule has 1 atom stereocenters. The first-order chi connectivity index (χ1) is 10.6. The molecular formula is C15H22N4O3. The van der Waals surface area contributed by atoms with Gasteiger partial charge in [-0.2, -0.15) is 15.4 Å². The van der Waals surface area contributed by atoms with Gasteiger partial charge < -0.3 is 14.7 Å². The van der Waals surface area contributed by atoms with Crippen molar-refractivity contribution in [3.05, 3.63) is 23.2 Å². The number of allylic oxidation sites excluding steroid dienone is 1. The molecule has 7 nitrogen and oxygen atoms in total. The maximum Gasteiger partial charge on any atom is 0.253 e. The fourth-order valence-electron chi connectivity index (χ4n) is 3.25. The van der Waals surface area contributed by atoms with Crippen molar-refractivity contribution in [3.8, 4) is 0 Å². The molecule has 1 aromatic heterocycles. The molecule has 22 heavy (non-hydrogen) atoms. The van der Waals surface area contributed by atoms with E-state index >= 15 is 0 Å². The zero-order valence-corrected chi connectivity index (χ0v) is 12.8. The molecule has 7 heteroatoms. The number of carbonyl (C=O) groups is 1. The van der Waals surface area contributed by atoms with Gasteiger partial charge in [-0.3, -0.25) is 4.79 Å². The van der Waals surface area contributed by atoms with Crippen LogP contribution in [0.5, 0.6) is 0 Å². The second-order valence-electron chi connectivity index (χ2n) is 5.92. The van der Waals surface area contributed by atoms with Gasteiger partial charge in [0.05, 0.1) is 24.9 Å². The number of nitrogens with zero attached hydrogens (tertiary/aromatic N) is 3. The highest BCUT2D eigenvalue weighted by atomic mass is 16.5. The van der Waals surface area contributed by atoms with Gasteiger partial charge in [-0.25, -0.2) is 0 Å². The van der Waals surface area contributed by atoms with Gasteiger partial charge in [0, 0.05) is 13.0 Å². The minimum Gasteiger partial charge on any atom is -0.497 e. The van der Waals surface area contributed by atoms with Crippen molar-refractivity contribution in [1.82, 2.24) is 20.3 Å². The molecule has 0 spiro atoms. The number of likely N-dealkylation sites (tertiary alicyclic amines) is 1. The highest BCUT2D eigenvalue weighted by Crippen LogP contribution is 2.32. The second kappa shape index (κ2) is 6.08. The highest BCUT2D eigenvalue weighted by Gasteiger charge is 2.39. The zero-order valence-electron chi connectivity index (χ0n) is 12.8. The molecule has 120 valence electrons. The SMILES string of the molecule is CCC1=C(C(=O)N2CCCC(O)(c3cn[nH]n3)C2)CCCO1. The standard InChI is InChI=1S/C15H22N4O3/c1-2-12-11(5-3-8-22-12)14(20)19-7-4-6-15(21,10-19)13-9-16-18-17-13/h9,21H,2-8,10H2,1H3,(H,16,17,18). The van der Waals surface area contributed by atoms with Crippen molar-refractivity contribution in [2.75, 3.05) is 19.7 Å². The van der Waals surface area contributed by atoms with E-state index in [4.69, 9.17) is 4.74 Å². The molecule has 0 radical (unpaired) electrons. The minimum atomic E-state index is -1.12. The smallest absolute Gasteiger partial charge is 0.253 e. The molecule has 0 aromatic carbocycles. The summed E-state index contributed by atoms with van der Waals surface area (Å²) >= 11 is 0. The van der Waals surface area contributed by atoms with Crippen LogP contribution >= 0.6 is 0 Å². The molecule has 0 bridgehead atoms. The number of rotatable bonds is 3. The van der Waals surface area contributed by atoms with Crippen LogP contribution in [0.2, 0.25) is 0 Å². The van der Waals surface area contributed by atoms with E-state index in [1.54, 1.807) is 4.90 Å². The third kappa shape index (κ3) is 2.72. The molecule has 3 heterocycles. The summed E-state index contributed by atoms with van der Waals surface area (Å²) in [6.07, 6.45) is 5.19. The predicted octanol–water partition coefficient (Wildman–Crippen LogP) is 1.09. The van der Waals surface area contributed by atoms with Crippen LogP contribution in [0.25, 0.3) is 0 Å². The molecule has 3 rings (SSSR count). The third-order valence-corrected chi connectivity index (χ3v) is 4.41. The lowest BCUT2D eigenvalue weighted by molar-refractivity contribution is -0.135. The number of piperidine rings is 1. The molecule has 2 aliphatic heterocycles. The third-order valence-electron chi connectivity index (χ3n) is 4.41. The molecule has 1 amide bonds. The number of H-pyrrole nitrogens is 1. The summed E-state index contributed by atoms with van der Waals surface area (Å²) < 4.78 is 5.62. The number of carbonyl (C=O) groups excluding carboxylic acids is 1. The van der Waals surface area contributed by atoms with Gasteiger partial charge in [0.15, 0.2) is 0 Å². The van der Waals surface area contributed by atoms with Crippen molar-refractivity contribution in [2.45, 2.75) is 44.6 Å². The predicted molar refractivity (Wildman–Crippen MR) is 78.6 cm³/mol. The van der Waals surface area contributed by atoms with E-state index in [9.17, 15) is 9.90 Å². The summed E-state index contributed by atoms with van der Waals surface area (Å²) in [7, 11) is 0. The van der Waals surface area contributed by atoms with Crippen LogP contribution in [0.3, 0.4) is 0 Å². The average molecular weight is 306 g/mol. The van der Waals surface area contributed by atoms with Crippen molar-refractivity contribution in [2.24, 2.45) is 0 Å². The van der Waals surface area contributed by atoms with Crippen molar-refractivity contribution >= 4 is 5.91 Å². The van der Waals surface area contributed by atoms with Gasteiger partial charge in [-0.1, -0.05) is 6.92 Å². The highest BCUT2D eigenvalue weighted by molar-refractivity contribution is 5.94. The van der Waals surface area contributed by atoms with Crippen molar-refractivity contribution < 1.29 is 14.6 Å². The van der Waals surface area contributed by atoms with E-state index in [-0.39, 0.29) is 12.5 Å². The molecule has 1 saturated heterocycles. The Morgan fingerprint density at radius 2 is 2.41 bits per heavy atom. The Balaban J connectivity index is 1.80. The van der Waals surface area contributed by atoms with E-state index in [1.165, 1.54) is 6.20 Å². The summed E-state index contributed by atoms with van der Waals surface area (Å²) in [6.45, 7) is 3.58. The number of amides is 1. The normalized spacial score (nSPS) is 26.0. The quantitative estimate of drug-likeness (QED) is 0.872. The number of ether oxygens (including phenoxy) is 1. The molecule has 2 N–H and O–H groups in total. The minimum absolute atomic E-state index is 0.0156. The van der Waals surface area contributed by atoms with E-state index < -0.39 is 5.60 Å². The Morgan fingerprint density at radius 1 is 1.55 bits per heavy atom. The number of β-amino-alcohol motifs (C(OH)–C–C–N with tert-alkyl or cyclic N) is 1. The van der Waals surface area contributed by atoms with E-state index in [1.807, 2.05) is 6.92 Å². The maximum atomic E-state index is 12.8. The maximum absolute atomic E-state index is 12.8. The number of hydrogen-bond donors (Lipinski definition) is 2. The number of aromatic amines is 1. The number of aliphatic hydroxyl groups is 1. The monoisotopic (exact) mass is 306 g/mol. The van der Waals surface area contributed by atoms with Crippen molar-refractivity contribution in [1.29, 1.82) is 0 Å². The number of hydrogen-bond acceptors (Lipinski definition) is 5.